The molecule has 1 fully saturated rings. The summed E-state index contributed by atoms with van der Waals surface area (Å²) in [6.45, 7) is 4.61. The molecule has 0 spiro atoms. The Morgan fingerprint density at radius 3 is 2.36 bits per heavy atom. The van der Waals surface area contributed by atoms with Crippen molar-refractivity contribution in [2.45, 2.75) is 45.8 Å². The maximum Gasteiger partial charge on any atom is 0.513 e. The second-order valence-electron chi connectivity index (χ2n) is 13.4. The molecule has 59 heavy (non-hydrogen) atoms. The number of aryl methyl sites for hydroxylation is 1. The van der Waals surface area contributed by atoms with Gasteiger partial charge in [-0.3, -0.25) is 9.83 Å². The zero-order chi connectivity index (χ0) is 40.9. The van der Waals surface area contributed by atoms with Crippen molar-refractivity contribution < 1.29 is 38.2 Å². The zero-order valence-corrected chi connectivity index (χ0v) is 32.8. The number of aliphatic hydroxyl groups is 2. The van der Waals surface area contributed by atoms with Crippen LogP contribution in [0.5, 0.6) is 11.8 Å². The second kappa shape index (κ2) is 21.9. The minimum absolute atomic E-state index is 0. The van der Waals surface area contributed by atoms with E-state index in [0.717, 1.165) is 24.2 Å². The topological polar surface area (TPSA) is 192 Å². The number of aromatic nitrogens is 4. The smallest absolute Gasteiger partial charge is 0.481 e. The number of hydroxylamine groups is 1. The van der Waals surface area contributed by atoms with E-state index in [2.05, 4.69) is 42.4 Å². The number of aliphatic imine (C=N–C) groups is 1. The summed E-state index contributed by atoms with van der Waals surface area (Å²) in [6, 6.07) is 25.3. The largest absolute Gasteiger partial charge is 0.513 e. The summed E-state index contributed by atoms with van der Waals surface area (Å²) < 4.78 is 36.4. The number of benzene rings is 2. The minimum Gasteiger partial charge on any atom is -0.481 e. The number of amidine groups is 1. The van der Waals surface area contributed by atoms with Gasteiger partial charge >= 0.3 is 7.12 Å². The second-order valence-corrected chi connectivity index (χ2v) is 13.4. The van der Waals surface area contributed by atoms with E-state index in [-0.39, 0.29) is 26.6 Å². The average molecular weight is 811 g/mol. The van der Waals surface area contributed by atoms with Crippen molar-refractivity contribution in [2.24, 2.45) is 4.99 Å². The van der Waals surface area contributed by atoms with Gasteiger partial charge in [0, 0.05) is 56.1 Å². The van der Waals surface area contributed by atoms with Crippen molar-refractivity contribution in [3.8, 4) is 23.0 Å². The van der Waals surface area contributed by atoms with Gasteiger partial charge in [-0.2, -0.15) is 0 Å². The molecule has 17 heteroatoms. The number of methoxy groups -OCH3 is 2. The molecule has 0 aliphatic carbocycles. The van der Waals surface area contributed by atoms with Gasteiger partial charge in [0.2, 0.25) is 17.7 Å². The quantitative estimate of drug-likeness (QED) is 0.0795. The lowest BCUT2D eigenvalue weighted by atomic mass is 9.83. The summed E-state index contributed by atoms with van der Waals surface area (Å²) in [6.07, 6.45) is 0.555. The number of nitrogen functional groups attached to an aromatic ring is 1. The molecule has 0 amide bonds. The van der Waals surface area contributed by atoms with E-state index in [1.807, 2.05) is 43.3 Å². The number of rotatable bonds is 12. The molecule has 2 atom stereocenters. The Morgan fingerprint density at radius 2 is 1.64 bits per heavy atom. The monoisotopic (exact) mass is 810 g/mol. The summed E-state index contributed by atoms with van der Waals surface area (Å²) in [5.74, 6) is 1.16. The maximum atomic E-state index is 14.3. The number of halogens is 1. The Labute approximate surface area is 344 Å². The van der Waals surface area contributed by atoms with Gasteiger partial charge in [-0.25, -0.2) is 29.8 Å². The number of aliphatic hydroxyl groups excluding tert-OH is 2. The molecule has 0 saturated carbocycles. The Balaban J connectivity index is 0.000000246. The van der Waals surface area contributed by atoms with Gasteiger partial charge in [-0.1, -0.05) is 43.8 Å². The van der Waals surface area contributed by atoms with E-state index in [0.29, 0.717) is 78.3 Å². The lowest BCUT2D eigenvalue weighted by molar-refractivity contribution is 0.0532. The fourth-order valence-electron chi connectivity index (χ4n) is 6.58. The highest BCUT2D eigenvalue weighted by Crippen LogP contribution is 2.36. The molecule has 0 radical (unpaired) electrons. The van der Waals surface area contributed by atoms with Crippen LogP contribution in [-0.4, -0.2) is 103 Å². The van der Waals surface area contributed by atoms with E-state index in [1.165, 1.54) is 24.9 Å². The molecule has 2 aliphatic heterocycles. The van der Waals surface area contributed by atoms with Crippen LogP contribution in [0.2, 0.25) is 0 Å². The number of nitrogens with two attached hydrogens (primary N) is 1. The molecule has 5 aromatic rings. The summed E-state index contributed by atoms with van der Waals surface area (Å²) in [7, 11) is 2.69. The van der Waals surface area contributed by atoms with Crippen molar-refractivity contribution >= 4 is 30.2 Å². The van der Waals surface area contributed by atoms with Gasteiger partial charge in [0.1, 0.15) is 5.82 Å². The molecule has 3 aromatic heterocycles. The number of hydrogen-bond donors (Lipinski definition) is 4. The molecule has 5 heterocycles. The van der Waals surface area contributed by atoms with Gasteiger partial charge in [-0.05, 0) is 61.7 Å². The predicted octanol–water partition coefficient (Wildman–Crippen LogP) is 4.25. The van der Waals surface area contributed by atoms with Crippen molar-refractivity contribution in [1.82, 2.24) is 25.4 Å². The molecular formula is C42H52BFN8O7. The maximum absolute atomic E-state index is 14.3. The number of fused-ring (bicyclic) bond motifs is 1. The first kappa shape index (κ1) is 44.4. The standard InChI is InChI=1S/C25H29FN6O4.C16H19BN2O3.CH4/c1-14-23-21(31-25(27)28-14)12-20(30-24(23)32-36-10-4-5-16(34)13-33)17-9-8-15(26)11-18(17)19-6-3-7-22(29-19)35-2;1-20-16-9-5-8-15(18-16)17-21-12-10-19(11-13-22-17)14-6-3-2-4-7-14;/h3,6-9,11,16,20,33-34H,4-5,10,12-13H2,1-2H3,(H,30,32)(H2,27,28,31);2-9H,10-13H2,1H3;1H4/t16-,20+;;/m0../s1. The Bertz CT molecular complexity index is 2130. The molecule has 0 unspecified atom stereocenters. The number of nitrogens with one attached hydrogen (secondary N) is 1. The minimum atomic E-state index is -0.786. The van der Waals surface area contributed by atoms with E-state index in [9.17, 15) is 9.50 Å². The third-order valence-electron chi connectivity index (χ3n) is 9.41. The summed E-state index contributed by atoms with van der Waals surface area (Å²) in [4.78, 5) is 30.3. The highest BCUT2D eigenvalue weighted by molar-refractivity contribution is 6.60. The molecule has 1 saturated heterocycles. The van der Waals surface area contributed by atoms with Crippen molar-refractivity contribution in [3.63, 3.8) is 0 Å². The molecule has 312 valence electrons. The van der Waals surface area contributed by atoms with Crippen LogP contribution in [0.15, 0.2) is 89.9 Å². The lowest BCUT2D eigenvalue weighted by Crippen LogP contribution is -2.45. The number of nitrogens with zero attached hydrogens (tertiary/aromatic N) is 6. The van der Waals surface area contributed by atoms with Crippen LogP contribution in [0, 0.1) is 12.7 Å². The molecule has 15 nitrogen and oxygen atoms in total. The summed E-state index contributed by atoms with van der Waals surface area (Å²) in [5.41, 5.74) is 14.7. The van der Waals surface area contributed by atoms with Crippen LogP contribution in [-0.2, 0) is 20.6 Å². The van der Waals surface area contributed by atoms with Crippen LogP contribution in [0.3, 0.4) is 0 Å². The average Bonchev–Trinajstić information content (AvgIpc) is 3.23. The van der Waals surface area contributed by atoms with Crippen molar-refractivity contribution in [1.29, 1.82) is 0 Å². The van der Waals surface area contributed by atoms with Crippen molar-refractivity contribution in [3.05, 3.63) is 113 Å². The van der Waals surface area contributed by atoms with Gasteiger partial charge < -0.3 is 39.6 Å². The Kier molecular flexibility index (Phi) is 16.5. The SMILES string of the molecule is C.COc1cccc(-c2cc(F)ccc2[C@H]2Cc3nc(N)nc(C)c3C(NOCCC[C@H](O)CO)=N2)n1.COc1cccc(B2OCCN(c3ccccc3)CCO2)n1. The first-order valence-corrected chi connectivity index (χ1v) is 19.0. The third-order valence-corrected chi connectivity index (χ3v) is 9.41. The molecular weight excluding hydrogens is 758 g/mol. The summed E-state index contributed by atoms with van der Waals surface area (Å²) >= 11 is 0. The number of anilines is 2. The van der Waals surface area contributed by atoms with Crippen LogP contribution in [0.1, 0.15) is 48.8 Å². The van der Waals surface area contributed by atoms with Crippen LogP contribution in [0.25, 0.3) is 11.3 Å². The summed E-state index contributed by atoms with van der Waals surface area (Å²) in [5, 5.41) is 18.5. The van der Waals surface area contributed by atoms with Gasteiger partial charge in [0.15, 0.2) is 5.84 Å². The highest BCUT2D eigenvalue weighted by atomic mass is 19.1. The van der Waals surface area contributed by atoms with E-state index in [4.69, 9.17) is 39.5 Å². The van der Waals surface area contributed by atoms with Gasteiger partial charge in [0.25, 0.3) is 0 Å². The Hall–Kier alpha value is -5.72. The molecule has 2 aromatic carbocycles. The van der Waals surface area contributed by atoms with Crippen molar-refractivity contribution in [2.75, 3.05) is 64.4 Å². The third kappa shape index (κ3) is 11.9. The first-order valence-electron chi connectivity index (χ1n) is 19.0. The number of hydrogen-bond acceptors (Lipinski definition) is 15. The number of para-hydroxylation sites is 1. The van der Waals surface area contributed by atoms with Gasteiger partial charge in [-0.15, -0.1) is 0 Å². The Morgan fingerprint density at radius 1 is 0.932 bits per heavy atom. The van der Waals surface area contributed by atoms with Crippen LogP contribution >= 0.6 is 0 Å². The highest BCUT2D eigenvalue weighted by Gasteiger charge is 2.29. The number of pyridine rings is 2. The first-order chi connectivity index (χ1) is 28.3. The molecule has 5 N–H and O–H groups in total. The molecule has 0 bridgehead atoms. The molecule has 2 aliphatic rings. The van der Waals surface area contributed by atoms with Crippen LogP contribution < -0.4 is 31.2 Å². The fourth-order valence-corrected chi connectivity index (χ4v) is 6.58. The number of ether oxygens (including phenoxy) is 2. The van der Waals surface area contributed by atoms with E-state index in [1.54, 1.807) is 31.4 Å². The van der Waals surface area contributed by atoms with E-state index < -0.39 is 25.1 Å². The zero-order valence-electron chi connectivity index (χ0n) is 32.8. The molecule has 7 rings (SSSR count). The fraction of sp³-hybridized carbons (Fsp3) is 0.357. The predicted molar refractivity (Wildman–Crippen MR) is 225 cm³/mol. The van der Waals surface area contributed by atoms with E-state index >= 15 is 0 Å². The normalized spacial score (nSPS) is 15.6. The van der Waals surface area contributed by atoms with Crippen LogP contribution in [0.4, 0.5) is 16.0 Å². The van der Waals surface area contributed by atoms with Gasteiger partial charge in [0.05, 0.1) is 67.8 Å². The lowest BCUT2D eigenvalue weighted by Gasteiger charge is -2.28.